The van der Waals surface area contributed by atoms with E-state index in [-0.39, 0.29) is 6.09 Å². The number of rotatable bonds is 0. The second-order valence-corrected chi connectivity index (χ2v) is 5.59. The Labute approximate surface area is 90.8 Å². The summed E-state index contributed by atoms with van der Waals surface area (Å²) in [4.78, 5) is 13.7. The van der Waals surface area contributed by atoms with Gasteiger partial charge >= 0.3 is 6.09 Å². The van der Waals surface area contributed by atoms with E-state index in [1.807, 2.05) is 25.7 Å². The average Bonchev–Trinajstić information content (AvgIpc) is 2.38. The molecule has 1 aliphatic carbocycles. The number of nitrogens with two attached hydrogens (primary N) is 1. The highest BCUT2D eigenvalue weighted by molar-refractivity contribution is 5.69. The van der Waals surface area contributed by atoms with Crippen molar-refractivity contribution < 1.29 is 9.53 Å². The van der Waals surface area contributed by atoms with Gasteiger partial charge in [-0.1, -0.05) is 0 Å². The van der Waals surface area contributed by atoms with Crippen molar-refractivity contribution in [3.8, 4) is 0 Å². The fraction of sp³-hybridized carbons (Fsp3) is 0.909. The summed E-state index contributed by atoms with van der Waals surface area (Å²) in [6, 6.07) is 0.636. The average molecular weight is 212 g/mol. The number of likely N-dealkylation sites (tertiary alicyclic amines) is 1. The maximum absolute atomic E-state index is 11.8. The first-order valence-electron chi connectivity index (χ1n) is 5.64. The molecule has 0 aromatic carbocycles. The highest BCUT2D eigenvalue weighted by atomic mass is 16.6. The summed E-state index contributed by atoms with van der Waals surface area (Å²) in [7, 11) is 0. The summed E-state index contributed by atoms with van der Waals surface area (Å²) in [5.74, 6) is 0.512. The van der Waals surface area contributed by atoms with Crippen LogP contribution in [-0.4, -0.2) is 35.2 Å². The zero-order valence-corrected chi connectivity index (χ0v) is 9.69. The van der Waals surface area contributed by atoms with E-state index in [0.717, 1.165) is 19.4 Å². The molecule has 2 N–H and O–H groups in total. The molecule has 3 unspecified atom stereocenters. The van der Waals surface area contributed by atoms with Crippen molar-refractivity contribution in [3.05, 3.63) is 0 Å². The van der Waals surface area contributed by atoms with Crippen LogP contribution in [0.2, 0.25) is 0 Å². The molecule has 4 nitrogen and oxygen atoms in total. The molecule has 1 saturated heterocycles. The van der Waals surface area contributed by atoms with E-state index < -0.39 is 5.60 Å². The monoisotopic (exact) mass is 212 g/mol. The molecule has 2 rings (SSSR count). The molecule has 15 heavy (non-hydrogen) atoms. The zero-order valence-electron chi connectivity index (χ0n) is 9.69. The van der Waals surface area contributed by atoms with Crippen LogP contribution in [0.4, 0.5) is 4.79 Å². The Morgan fingerprint density at radius 1 is 1.47 bits per heavy atom. The first-order valence-corrected chi connectivity index (χ1v) is 5.64. The minimum Gasteiger partial charge on any atom is -0.444 e. The molecule has 1 heterocycles. The Balaban J connectivity index is 1.93. The van der Waals surface area contributed by atoms with E-state index in [1.165, 1.54) is 0 Å². The molecule has 1 saturated carbocycles. The van der Waals surface area contributed by atoms with E-state index in [2.05, 4.69) is 0 Å². The first kappa shape index (κ1) is 10.7. The first-order chi connectivity index (χ1) is 6.88. The molecule has 1 amide bonds. The van der Waals surface area contributed by atoms with E-state index >= 15 is 0 Å². The number of amides is 1. The highest BCUT2D eigenvalue weighted by Gasteiger charge is 2.49. The lowest BCUT2D eigenvalue weighted by atomic mass is 9.76. The van der Waals surface area contributed by atoms with Crippen molar-refractivity contribution in [3.63, 3.8) is 0 Å². The number of nitrogens with zero attached hydrogens (tertiary/aromatic N) is 1. The number of hydrogen-bond donors (Lipinski definition) is 1. The molecule has 0 bridgehead atoms. The quantitative estimate of drug-likeness (QED) is 0.659. The van der Waals surface area contributed by atoms with Crippen molar-refractivity contribution in [2.75, 3.05) is 6.54 Å². The van der Waals surface area contributed by atoms with Crippen LogP contribution < -0.4 is 5.73 Å². The van der Waals surface area contributed by atoms with Gasteiger partial charge in [-0.3, -0.25) is 0 Å². The lowest BCUT2D eigenvalue weighted by Gasteiger charge is -2.41. The molecule has 86 valence electrons. The summed E-state index contributed by atoms with van der Waals surface area (Å²) < 4.78 is 5.36. The normalized spacial score (nSPS) is 34.7. The van der Waals surface area contributed by atoms with Crippen molar-refractivity contribution in [2.45, 2.75) is 51.3 Å². The number of hydrogen-bond acceptors (Lipinski definition) is 3. The smallest absolute Gasteiger partial charge is 0.410 e. The van der Waals surface area contributed by atoms with E-state index in [0.29, 0.717) is 18.0 Å². The summed E-state index contributed by atoms with van der Waals surface area (Å²) in [6.07, 6.45) is 1.79. The van der Waals surface area contributed by atoms with Crippen LogP contribution >= 0.6 is 0 Å². The molecular formula is C11H20N2O2. The Hall–Kier alpha value is -0.770. The highest BCUT2D eigenvalue weighted by Crippen LogP contribution is 2.39. The zero-order chi connectivity index (χ0) is 11.2. The van der Waals surface area contributed by atoms with Crippen LogP contribution in [0.3, 0.4) is 0 Å². The van der Waals surface area contributed by atoms with Gasteiger partial charge in [0.25, 0.3) is 0 Å². The Bertz CT molecular complexity index is 272. The standard InChI is InChI=1S/C11H20N2O2/c1-11(2,3)15-10(14)13-5-4-7-8(12)6-9(7)13/h7-9H,4-6,12H2,1-3H3. The molecule has 1 aliphatic heterocycles. The molecule has 2 aliphatic rings. The third-order valence-corrected chi connectivity index (χ3v) is 3.29. The Morgan fingerprint density at radius 3 is 2.60 bits per heavy atom. The van der Waals surface area contributed by atoms with Gasteiger partial charge in [-0.15, -0.1) is 0 Å². The summed E-state index contributed by atoms with van der Waals surface area (Å²) >= 11 is 0. The fourth-order valence-corrected chi connectivity index (χ4v) is 2.48. The lowest BCUT2D eigenvalue weighted by molar-refractivity contribution is 0.0107. The molecule has 2 fully saturated rings. The van der Waals surface area contributed by atoms with Crippen LogP contribution in [0.25, 0.3) is 0 Å². The van der Waals surface area contributed by atoms with Crippen molar-refractivity contribution in [1.82, 2.24) is 4.90 Å². The molecular weight excluding hydrogens is 192 g/mol. The van der Waals surface area contributed by atoms with Gasteiger partial charge in [-0.25, -0.2) is 4.79 Å². The third-order valence-electron chi connectivity index (χ3n) is 3.29. The number of carbonyl (C=O) groups is 1. The van der Waals surface area contributed by atoms with Gasteiger partial charge < -0.3 is 15.4 Å². The largest absolute Gasteiger partial charge is 0.444 e. The van der Waals surface area contributed by atoms with Crippen LogP contribution in [0.15, 0.2) is 0 Å². The summed E-state index contributed by atoms with van der Waals surface area (Å²) in [6.45, 7) is 6.48. The summed E-state index contributed by atoms with van der Waals surface area (Å²) in [5, 5.41) is 0. The minimum atomic E-state index is -0.402. The maximum Gasteiger partial charge on any atom is 0.410 e. The lowest BCUT2D eigenvalue weighted by Crippen LogP contribution is -2.55. The minimum absolute atomic E-state index is 0.179. The van der Waals surface area contributed by atoms with Gasteiger partial charge in [-0.05, 0) is 39.5 Å². The van der Waals surface area contributed by atoms with Gasteiger partial charge in [0.2, 0.25) is 0 Å². The molecule has 0 aromatic heterocycles. The number of ether oxygens (including phenoxy) is 1. The second kappa shape index (κ2) is 3.37. The van der Waals surface area contributed by atoms with E-state index in [4.69, 9.17) is 10.5 Å². The van der Waals surface area contributed by atoms with Gasteiger partial charge in [0.05, 0.1) is 0 Å². The molecule has 0 radical (unpaired) electrons. The van der Waals surface area contributed by atoms with Crippen molar-refractivity contribution in [2.24, 2.45) is 11.7 Å². The predicted molar refractivity (Wildman–Crippen MR) is 57.4 cm³/mol. The fourth-order valence-electron chi connectivity index (χ4n) is 2.48. The molecule has 4 heteroatoms. The van der Waals surface area contributed by atoms with E-state index in [9.17, 15) is 4.79 Å². The SMILES string of the molecule is CC(C)(C)OC(=O)N1CCC2C(N)CC21. The van der Waals surface area contributed by atoms with Gasteiger partial charge in [0, 0.05) is 18.6 Å². The van der Waals surface area contributed by atoms with Crippen molar-refractivity contribution >= 4 is 6.09 Å². The van der Waals surface area contributed by atoms with Crippen LogP contribution in [0.1, 0.15) is 33.6 Å². The van der Waals surface area contributed by atoms with Gasteiger partial charge in [0.1, 0.15) is 5.60 Å². The van der Waals surface area contributed by atoms with Crippen LogP contribution in [0.5, 0.6) is 0 Å². The van der Waals surface area contributed by atoms with E-state index in [1.54, 1.807) is 0 Å². The molecule has 0 spiro atoms. The molecule has 0 aromatic rings. The van der Waals surface area contributed by atoms with Gasteiger partial charge in [0.15, 0.2) is 0 Å². The number of carbonyl (C=O) groups excluding carboxylic acids is 1. The third kappa shape index (κ3) is 1.95. The topological polar surface area (TPSA) is 55.6 Å². The molecule has 3 atom stereocenters. The number of fused-ring (bicyclic) bond motifs is 1. The van der Waals surface area contributed by atoms with Crippen LogP contribution in [0, 0.1) is 5.92 Å². The summed E-state index contributed by atoms with van der Waals surface area (Å²) in [5.41, 5.74) is 5.47. The Kier molecular flexibility index (Phi) is 2.41. The predicted octanol–water partition coefficient (Wildman–Crippen LogP) is 1.34. The Morgan fingerprint density at radius 2 is 2.13 bits per heavy atom. The maximum atomic E-state index is 11.8. The second-order valence-electron chi connectivity index (χ2n) is 5.59. The van der Waals surface area contributed by atoms with Gasteiger partial charge in [-0.2, -0.15) is 0 Å². The van der Waals surface area contributed by atoms with Crippen LogP contribution in [-0.2, 0) is 4.74 Å². The van der Waals surface area contributed by atoms with Crippen molar-refractivity contribution in [1.29, 1.82) is 0 Å².